The summed E-state index contributed by atoms with van der Waals surface area (Å²) < 4.78 is 16.2. The van der Waals surface area contributed by atoms with Crippen LogP contribution in [0.25, 0.3) is 5.76 Å². The van der Waals surface area contributed by atoms with Crippen molar-refractivity contribution in [2.45, 2.75) is 12.6 Å². The lowest BCUT2D eigenvalue weighted by atomic mass is 9.94. The van der Waals surface area contributed by atoms with Crippen molar-refractivity contribution >= 4 is 28.8 Å². The number of thiophene rings is 1. The highest BCUT2D eigenvalue weighted by Crippen LogP contribution is 2.44. The third-order valence-corrected chi connectivity index (χ3v) is 6.40. The van der Waals surface area contributed by atoms with Crippen molar-refractivity contribution in [3.63, 3.8) is 0 Å². The molecule has 1 fully saturated rings. The van der Waals surface area contributed by atoms with Gasteiger partial charge in [-0.25, -0.2) is 0 Å². The number of benzene rings is 2. The average molecular weight is 466 g/mol. The number of carbonyl (C=O) groups excluding carboxylic acids is 2. The Hall–Kier alpha value is -3.78. The van der Waals surface area contributed by atoms with Gasteiger partial charge >= 0.3 is 0 Å². The van der Waals surface area contributed by atoms with Crippen LogP contribution < -0.4 is 14.2 Å². The highest BCUT2D eigenvalue weighted by atomic mass is 32.1. The molecule has 8 heteroatoms. The van der Waals surface area contributed by atoms with Crippen LogP contribution in [0.1, 0.15) is 22.0 Å². The van der Waals surface area contributed by atoms with E-state index in [2.05, 4.69) is 0 Å². The zero-order chi connectivity index (χ0) is 23.5. The number of aliphatic hydroxyl groups is 1. The molecule has 33 heavy (non-hydrogen) atoms. The van der Waals surface area contributed by atoms with E-state index in [4.69, 9.17) is 14.2 Å². The molecule has 2 heterocycles. The van der Waals surface area contributed by atoms with Crippen molar-refractivity contribution < 1.29 is 28.9 Å². The van der Waals surface area contributed by atoms with Gasteiger partial charge in [0.2, 0.25) is 0 Å². The van der Waals surface area contributed by atoms with Crippen LogP contribution in [0.5, 0.6) is 17.2 Å². The van der Waals surface area contributed by atoms with Crippen molar-refractivity contribution in [3.8, 4) is 17.2 Å². The Balaban J connectivity index is 1.93. The summed E-state index contributed by atoms with van der Waals surface area (Å²) in [6, 6.07) is 15.0. The lowest BCUT2D eigenvalue weighted by molar-refractivity contribution is -0.140. The number of hydrogen-bond donors (Lipinski definition) is 1. The molecule has 1 atom stereocenters. The minimum absolute atomic E-state index is 0.0236. The molecule has 1 amide bonds. The van der Waals surface area contributed by atoms with Gasteiger partial charge in [0.05, 0.1) is 45.1 Å². The Labute approximate surface area is 195 Å². The first-order valence-corrected chi connectivity index (χ1v) is 11.0. The SMILES string of the molecule is COc1ccc(/C(O)=C2\C(=O)C(=O)N(Cc3cccs3)C2c2ccccc2OC)c(OC)c1. The van der Waals surface area contributed by atoms with Gasteiger partial charge in [-0.1, -0.05) is 24.3 Å². The Morgan fingerprint density at radius 3 is 2.39 bits per heavy atom. The number of hydrogen-bond acceptors (Lipinski definition) is 7. The monoisotopic (exact) mass is 465 g/mol. The van der Waals surface area contributed by atoms with Crippen molar-refractivity contribution in [3.05, 3.63) is 81.6 Å². The Morgan fingerprint density at radius 1 is 0.970 bits per heavy atom. The molecule has 0 spiro atoms. The van der Waals surface area contributed by atoms with Crippen molar-refractivity contribution in [1.29, 1.82) is 0 Å². The van der Waals surface area contributed by atoms with Crippen LogP contribution in [0, 0.1) is 0 Å². The molecule has 0 bridgehead atoms. The lowest BCUT2D eigenvalue weighted by Crippen LogP contribution is -2.29. The van der Waals surface area contributed by atoms with E-state index in [-0.39, 0.29) is 23.4 Å². The number of carbonyl (C=O) groups is 2. The quantitative estimate of drug-likeness (QED) is 0.316. The number of Topliss-reactive ketones (excluding diaryl/α,β-unsaturated/α-hetero) is 1. The molecule has 0 aliphatic carbocycles. The number of likely N-dealkylation sites (tertiary alicyclic amines) is 1. The zero-order valence-corrected chi connectivity index (χ0v) is 19.2. The Kier molecular flexibility index (Phi) is 6.37. The summed E-state index contributed by atoms with van der Waals surface area (Å²) in [5.41, 5.74) is 0.863. The van der Waals surface area contributed by atoms with Crippen molar-refractivity contribution in [2.24, 2.45) is 0 Å². The van der Waals surface area contributed by atoms with E-state index in [1.54, 1.807) is 42.5 Å². The average Bonchev–Trinajstić information content (AvgIpc) is 3.45. The van der Waals surface area contributed by atoms with Gasteiger partial charge in [0.15, 0.2) is 0 Å². The summed E-state index contributed by atoms with van der Waals surface area (Å²) in [5, 5.41) is 13.3. The van der Waals surface area contributed by atoms with Crippen LogP contribution in [-0.4, -0.2) is 43.0 Å². The third kappa shape index (κ3) is 4.05. The van der Waals surface area contributed by atoms with Gasteiger partial charge in [-0.3, -0.25) is 9.59 Å². The van der Waals surface area contributed by atoms with Crippen LogP contribution >= 0.6 is 11.3 Å². The molecule has 1 unspecified atom stereocenters. The molecule has 1 N–H and O–H groups in total. The maximum atomic E-state index is 13.3. The Bertz CT molecular complexity index is 1220. The van der Waals surface area contributed by atoms with Gasteiger partial charge in [-0.2, -0.15) is 0 Å². The van der Waals surface area contributed by atoms with E-state index >= 15 is 0 Å². The van der Waals surface area contributed by atoms with Gasteiger partial charge in [0, 0.05) is 16.5 Å². The normalized spacial score (nSPS) is 17.3. The topological polar surface area (TPSA) is 85.3 Å². The number of ether oxygens (including phenoxy) is 3. The fourth-order valence-corrected chi connectivity index (χ4v) is 4.67. The minimum atomic E-state index is -0.838. The van der Waals surface area contributed by atoms with Crippen LogP contribution in [0.4, 0.5) is 0 Å². The molecule has 1 aliphatic rings. The van der Waals surface area contributed by atoms with Gasteiger partial charge in [0.25, 0.3) is 11.7 Å². The second-order valence-electron chi connectivity index (χ2n) is 7.31. The highest BCUT2D eigenvalue weighted by Gasteiger charge is 2.47. The number of methoxy groups -OCH3 is 3. The number of para-hydroxylation sites is 1. The molecule has 1 saturated heterocycles. The number of nitrogens with zero attached hydrogens (tertiary/aromatic N) is 1. The number of rotatable bonds is 7. The van der Waals surface area contributed by atoms with Crippen molar-refractivity contribution in [2.75, 3.05) is 21.3 Å². The number of aliphatic hydroxyl groups excluding tert-OH is 1. The van der Waals surface area contributed by atoms with E-state index < -0.39 is 17.7 Å². The summed E-state index contributed by atoms with van der Waals surface area (Å²) in [5.74, 6) is -0.422. The summed E-state index contributed by atoms with van der Waals surface area (Å²) in [6.45, 7) is 0.224. The van der Waals surface area contributed by atoms with Crippen LogP contribution in [0.2, 0.25) is 0 Å². The van der Waals surface area contributed by atoms with Gasteiger partial charge in [-0.15, -0.1) is 11.3 Å². The van der Waals surface area contributed by atoms with Gasteiger partial charge in [0.1, 0.15) is 23.0 Å². The largest absolute Gasteiger partial charge is 0.507 e. The first kappa shape index (κ1) is 22.4. The van der Waals surface area contributed by atoms with Crippen molar-refractivity contribution in [1.82, 2.24) is 4.90 Å². The maximum Gasteiger partial charge on any atom is 0.295 e. The standard InChI is InChI=1S/C25H23NO6S/c1-30-15-10-11-18(20(13-15)32-3)23(27)21-22(17-8-4-5-9-19(17)31-2)26(25(29)24(21)28)14-16-7-6-12-33-16/h4-13,22,27H,14H2,1-3H3/b23-21+. The first-order chi connectivity index (χ1) is 16.0. The molecule has 2 aromatic carbocycles. The summed E-state index contributed by atoms with van der Waals surface area (Å²) in [7, 11) is 4.50. The van der Waals surface area contributed by atoms with Gasteiger partial charge < -0.3 is 24.2 Å². The van der Waals surface area contributed by atoms with E-state index in [1.807, 2.05) is 17.5 Å². The van der Waals surface area contributed by atoms with E-state index in [0.717, 1.165) is 4.88 Å². The molecule has 1 aromatic heterocycles. The second-order valence-corrected chi connectivity index (χ2v) is 8.35. The van der Waals surface area contributed by atoms with E-state index in [0.29, 0.717) is 22.8 Å². The van der Waals surface area contributed by atoms with Crippen LogP contribution in [0.15, 0.2) is 65.6 Å². The Morgan fingerprint density at radius 2 is 1.73 bits per heavy atom. The van der Waals surface area contributed by atoms with E-state index in [9.17, 15) is 14.7 Å². The van der Waals surface area contributed by atoms with Gasteiger partial charge in [-0.05, 0) is 29.6 Å². The van der Waals surface area contributed by atoms with Crippen LogP contribution in [-0.2, 0) is 16.1 Å². The predicted octanol–water partition coefficient (Wildman–Crippen LogP) is 4.40. The molecule has 0 saturated carbocycles. The molecule has 7 nitrogen and oxygen atoms in total. The first-order valence-electron chi connectivity index (χ1n) is 10.2. The zero-order valence-electron chi connectivity index (χ0n) is 18.4. The number of amides is 1. The highest BCUT2D eigenvalue weighted by molar-refractivity contribution is 7.09. The lowest BCUT2D eigenvalue weighted by Gasteiger charge is -2.26. The maximum absolute atomic E-state index is 13.3. The molecule has 3 aromatic rings. The predicted molar refractivity (Wildman–Crippen MR) is 125 cm³/mol. The smallest absolute Gasteiger partial charge is 0.295 e. The third-order valence-electron chi connectivity index (χ3n) is 5.54. The summed E-state index contributed by atoms with van der Waals surface area (Å²) in [6.07, 6.45) is 0. The fraction of sp³-hybridized carbons (Fsp3) is 0.200. The molecule has 170 valence electrons. The second kappa shape index (κ2) is 9.38. The number of ketones is 1. The fourth-order valence-electron chi connectivity index (χ4n) is 3.97. The minimum Gasteiger partial charge on any atom is -0.507 e. The summed E-state index contributed by atoms with van der Waals surface area (Å²) in [4.78, 5) is 28.8. The van der Waals surface area contributed by atoms with Crippen LogP contribution in [0.3, 0.4) is 0 Å². The van der Waals surface area contributed by atoms with E-state index in [1.165, 1.54) is 37.6 Å². The molecule has 4 rings (SSSR count). The molecule has 1 aliphatic heterocycles. The molecule has 0 radical (unpaired) electrons. The molecular formula is C25H23NO6S. The summed E-state index contributed by atoms with van der Waals surface area (Å²) >= 11 is 1.49. The molecular weight excluding hydrogens is 442 g/mol.